The Labute approximate surface area is 122 Å². The van der Waals surface area contributed by atoms with E-state index in [0.29, 0.717) is 25.0 Å². The van der Waals surface area contributed by atoms with E-state index in [-0.39, 0.29) is 0 Å². The average molecular weight is 281 g/mol. The van der Waals surface area contributed by atoms with Gasteiger partial charge in [-0.25, -0.2) is 4.98 Å². The second-order valence-corrected chi connectivity index (χ2v) is 5.11. The molecule has 0 aromatic carbocycles. The monoisotopic (exact) mass is 281 g/mol. The number of aryl methyl sites for hydroxylation is 1. The van der Waals surface area contributed by atoms with Crippen molar-refractivity contribution in [1.82, 2.24) is 9.97 Å². The van der Waals surface area contributed by atoms with E-state index < -0.39 is 0 Å². The molecule has 0 unspecified atom stereocenters. The van der Waals surface area contributed by atoms with Crippen molar-refractivity contribution >= 4 is 5.82 Å². The van der Waals surface area contributed by atoms with Crippen LogP contribution in [0, 0.1) is 5.92 Å². The molecule has 0 aliphatic rings. The van der Waals surface area contributed by atoms with Crippen LogP contribution in [0.3, 0.4) is 0 Å². The molecule has 5 heteroatoms. The molecule has 0 bridgehead atoms. The Kier molecular flexibility index (Phi) is 7.95. The van der Waals surface area contributed by atoms with Crippen molar-refractivity contribution in [2.45, 2.75) is 40.5 Å². The lowest BCUT2D eigenvalue weighted by molar-refractivity contribution is 0.0805. The molecule has 20 heavy (non-hydrogen) atoms. The smallest absolute Gasteiger partial charge is 0.218 e. The lowest BCUT2D eigenvalue weighted by Crippen LogP contribution is -2.12. The fourth-order valence-corrected chi connectivity index (χ4v) is 1.57. The van der Waals surface area contributed by atoms with E-state index in [4.69, 9.17) is 9.47 Å². The first-order valence-electron chi connectivity index (χ1n) is 7.48. The molecule has 0 atom stereocenters. The molecule has 1 rings (SSSR count). The SMILES string of the molecule is CCCNc1cc(OCCOCC(C)C)nc(CC)n1. The maximum Gasteiger partial charge on any atom is 0.218 e. The highest BCUT2D eigenvalue weighted by Crippen LogP contribution is 2.14. The van der Waals surface area contributed by atoms with E-state index in [2.05, 4.69) is 36.1 Å². The van der Waals surface area contributed by atoms with E-state index in [1.807, 2.05) is 13.0 Å². The minimum atomic E-state index is 0.514. The highest BCUT2D eigenvalue weighted by molar-refractivity contribution is 5.38. The van der Waals surface area contributed by atoms with Crippen LogP contribution >= 0.6 is 0 Å². The number of rotatable bonds is 10. The van der Waals surface area contributed by atoms with Gasteiger partial charge in [-0.05, 0) is 12.3 Å². The summed E-state index contributed by atoms with van der Waals surface area (Å²) in [6.45, 7) is 11.2. The summed E-state index contributed by atoms with van der Waals surface area (Å²) in [6, 6.07) is 1.84. The van der Waals surface area contributed by atoms with Crippen LogP contribution in [0.4, 0.5) is 5.82 Å². The second-order valence-electron chi connectivity index (χ2n) is 5.11. The maximum atomic E-state index is 5.63. The van der Waals surface area contributed by atoms with Crippen molar-refractivity contribution in [3.63, 3.8) is 0 Å². The second kappa shape index (κ2) is 9.53. The van der Waals surface area contributed by atoms with Crippen molar-refractivity contribution in [2.24, 2.45) is 5.92 Å². The van der Waals surface area contributed by atoms with E-state index >= 15 is 0 Å². The molecule has 0 fully saturated rings. The zero-order valence-corrected chi connectivity index (χ0v) is 13.1. The van der Waals surface area contributed by atoms with Crippen molar-refractivity contribution in [2.75, 3.05) is 31.7 Å². The zero-order chi connectivity index (χ0) is 14.8. The molecular weight excluding hydrogens is 254 g/mol. The number of hydrogen-bond donors (Lipinski definition) is 1. The van der Waals surface area contributed by atoms with Crippen LogP contribution in [-0.4, -0.2) is 36.3 Å². The molecule has 0 saturated carbocycles. The Morgan fingerprint density at radius 2 is 2.00 bits per heavy atom. The predicted molar refractivity (Wildman–Crippen MR) is 81.3 cm³/mol. The summed E-state index contributed by atoms with van der Waals surface area (Å²) in [5.74, 6) is 2.79. The van der Waals surface area contributed by atoms with E-state index in [9.17, 15) is 0 Å². The summed E-state index contributed by atoms with van der Waals surface area (Å²) in [5.41, 5.74) is 0. The number of ether oxygens (including phenoxy) is 2. The van der Waals surface area contributed by atoms with Crippen molar-refractivity contribution in [1.29, 1.82) is 0 Å². The van der Waals surface area contributed by atoms with Crippen molar-refractivity contribution in [3.8, 4) is 5.88 Å². The van der Waals surface area contributed by atoms with E-state index in [1.54, 1.807) is 0 Å². The largest absolute Gasteiger partial charge is 0.475 e. The summed E-state index contributed by atoms with van der Waals surface area (Å²) < 4.78 is 11.1. The van der Waals surface area contributed by atoms with Crippen LogP contribution in [-0.2, 0) is 11.2 Å². The van der Waals surface area contributed by atoms with Gasteiger partial charge in [0.1, 0.15) is 18.2 Å². The number of nitrogens with one attached hydrogen (secondary N) is 1. The van der Waals surface area contributed by atoms with Crippen LogP contribution in [0.15, 0.2) is 6.07 Å². The minimum Gasteiger partial charge on any atom is -0.475 e. The van der Waals surface area contributed by atoms with Gasteiger partial charge in [0, 0.05) is 25.6 Å². The Bertz CT molecular complexity index is 383. The van der Waals surface area contributed by atoms with Crippen LogP contribution in [0.25, 0.3) is 0 Å². The third kappa shape index (κ3) is 6.70. The van der Waals surface area contributed by atoms with Gasteiger partial charge in [0.2, 0.25) is 5.88 Å². The summed E-state index contributed by atoms with van der Waals surface area (Å²) in [5, 5.41) is 3.26. The fraction of sp³-hybridized carbons (Fsp3) is 0.733. The highest BCUT2D eigenvalue weighted by atomic mass is 16.5. The van der Waals surface area contributed by atoms with Crippen LogP contribution < -0.4 is 10.1 Å². The molecular formula is C15H27N3O2. The Morgan fingerprint density at radius 3 is 2.65 bits per heavy atom. The van der Waals surface area contributed by atoms with Gasteiger partial charge in [0.25, 0.3) is 0 Å². The number of hydrogen-bond acceptors (Lipinski definition) is 5. The first kappa shape index (κ1) is 16.7. The van der Waals surface area contributed by atoms with Gasteiger partial charge in [-0.3, -0.25) is 0 Å². The summed E-state index contributed by atoms with van der Waals surface area (Å²) in [4.78, 5) is 8.79. The third-order valence-corrected chi connectivity index (χ3v) is 2.55. The predicted octanol–water partition coefficient (Wildman–Crippen LogP) is 2.91. The number of nitrogens with zero attached hydrogens (tertiary/aromatic N) is 2. The average Bonchev–Trinajstić information content (AvgIpc) is 2.44. The Balaban J connectivity index is 2.46. The van der Waals surface area contributed by atoms with Crippen LogP contribution in [0.2, 0.25) is 0 Å². The summed E-state index contributed by atoms with van der Waals surface area (Å²) in [7, 11) is 0. The van der Waals surface area contributed by atoms with E-state index in [0.717, 1.165) is 37.6 Å². The molecule has 114 valence electrons. The number of anilines is 1. The Hall–Kier alpha value is -1.36. The summed E-state index contributed by atoms with van der Waals surface area (Å²) in [6.07, 6.45) is 1.85. The van der Waals surface area contributed by atoms with Crippen molar-refractivity contribution < 1.29 is 9.47 Å². The minimum absolute atomic E-state index is 0.514. The Morgan fingerprint density at radius 1 is 1.20 bits per heavy atom. The number of aromatic nitrogens is 2. The van der Waals surface area contributed by atoms with Gasteiger partial charge in [-0.2, -0.15) is 4.98 Å². The molecule has 1 N–H and O–H groups in total. The first-order valence-corrected chi connectivity index (χ1v) is 7.48. The highest BCUT2D eigenvalue weighted by Gasteiger charge is 2.04. The molecule has 0 radical (unpaired) electrons. The lowest BCUT2D eigenvalue weighted by atomic mass is 10.2. The van der Waals surface area contributed by atoms with Crippen LogP contribution in [0.1, 0.15) is 39.9 Å². The lowest BCUT2D eigenvalue weighted by Gasteiger charge is -2.11. The van der Waals surface area contributed by atoms with E-state index in [1.165, 1.54) is 0 Å². The molecule has 1 aromatic heterocycles. The quantitative estimate of drug-likeness (QED) is 0.668. The van der Waals surface area contributed by atoms with Gasteiger partial charge in [-0.1, -0.05) is 27.7 Å². The molecule has 0 saturated heterocycles. The van der Waals surface area contributed by atoms with Gasteiger partial charge < -0.3 is 14.8 Å². The fourth-order valence-electron chi connectivity index (χ4n) is 1.57. The standard InChI is InChI=1S/C15H27N3O2/c1-5-7-16-14-10-15(18-13(6-2)17-14)20-9-8-19-11-12(3)4/h10,12H,5-9,11H2,1-4H3,(H,16,17,18). The molecule has 0 spiro atoms. The molecule has 1 aromatic rings. The molecule has 0 aliphatic heterocycles. The van der Waals surface area contributed by atoms with Crippen LogP contribution in [0.5, 0.6) is 5.88 Å². The van der Waals surface area contributed by atoms with Crippen molar-refractivity contribution in [3.05, 3.63) is 11.9 Å². The maximum absolute atomic E-state index is 5.63. The molecule has 0 amide bonds. The zero-order valence-electron chi connectivity index (χ0n) is 13.1. The van der Waals surface area contributed by atoms with Gasteiger partial charge in [0.05, 0.1) is 6.61 Å². The van der Waals surface area contributed by atoms with Gasteiger partial charge in [0.15, 0.2) is 0 Å². The molecule has 0 aliphatic carbocycles. The molecule has 1 heterocycles. The topological polar surface area (TPSA) is 56.3 Å². The van der Waals surface area contributed by atoms with Gasteiger partial charge >= 0.3 is 0 Å². The first-order chi connectivity index (χ1) is 9.65. The summed E-state index contributed by atoms with van der Waals surface area (Å²) >= 11 is 0. The normalized spacial score (nSPS) is 10.8. The third-order valence-electron chi connectivity index (χ3n) is 2.55. The molecule has 5 nitrogen and oxygen atoms in total. The van der Waals surface area contributed by atoms with Gasteiger partial charge in [-0.15, -0.1) is 0 Å².